The summed E-state index contributed by atoms with van der Waals surface area (Å²) in [6, 6.07) is 1.58. The van der Waals surface area contributed by atoms with Crippen LogP contribution in [0.5, 0.6) is 0 Å². The summed E-state index contributed by atoms with van der Waals surface area (Å²) in [5, 5.41) is 10.5. The van der Waals surface area contributed by atoms with Gasteiger partial charge in [0.2, 0.25) is 15.8 Å². The van der Waals surface area contributed by atoms with Crippen molar-refractivity contribution in [3.63, 3.8) is 0 Å². The van der Waals surface area contributed by atoms with Gasteiger partial charge in [0.25, 0.3) is 0 Å². The van der Waals surface area contributed by atoms with Gasteiger partial charge >= 0.3 is 5.69 Å². The highest BCUT2D eigenvalue weighted by molar-refractivity contribution is 7.89. The van der Waals surface area contributed by atoms with Gasteiger partial charge in [0.1, 0.15) is 0 Å². The van der Waals surface area contributed by atoms with E-state index in [4.69, 9.17) is 9.47 Å². The smallest absolute Gasteiger partial charge is 0.304 e. The number of hydrogen-bond donors (Lipinski definition) is 1. The molecule has 0 heterocycles. The lowest BCUT2D eigenvalue weighted by molar-refractivity contribution is -0.387. The predicted molar refractivity (Wildman–Crippen MR) is 70.6 cm³/mol. The molecule has 1 aromatic carbocycles. The van der Waals surface area contributed by atoms with E-state index < -0.39 is 43.7 Å². The number of nitro benzene ring substituents is 1. The Labute approximate surface area is 121 Å². The van der Waals surface area contributed by atoms with Crippen LogP contribution in [0.3, 0.4) is 0 Å². The summed E-state index contributed by atoms with van der Waals surface area (Å²) in [6.45, 7) is 1.50. The number of rotatable bonds is 7. The summed E-state index contributed by atoms with van der Waals surface area (Å²) in [5.74, 6) is -1.23. The van der Waals surface area contributed by atoms with Gasteiger partial charge in [0, 0.05) is 26.4 Å². The number of sulfonamides is 1. The second-order valence-electron chi connectivity index (χ2n) is 4.12. The van der Waals surface area contributed by atoms with Crippen LogP contribution >= 0.6 is 0 Å². The highest BCUT2D eigenvalue weighted by atomic mass is 32.2. The summed E-state index contributed by atoms with van der Waals surface area (Å²) in [6.07, 6.45) is -0.831. The Morgan fingerprint density at radius 3 is 2.33 bits per heavy atom. The molecule has 1 rings (SSSR count). The third-order valence-corrected chi connectivity index (χ3v) is 4.20. The van der Waals surface area contributed by atoms with Crippen LogP contribution in [0.1, 0.15) is 6.92 Å². The molecular weight excluding hydrogens is 307 g/mol. The Morgan fingerprint density at radius 1 is 1.33 bits per heavy atom. The maximum atomic E-state index is 13.5. The summed E-state index contributed by atoms with van der Waals surface area (Å²) >= 11 is 0. The third kappa shape index (κ3) is 4.17. The van der Waals surface area contributed by atoms with E-state index >= 15 is 0 Å². The van der Waals surface area contributed by atoms with Crippen LogP contribution in [0.2, 0.25) is 0 Å². The lowest BCUT2D eigenvalue weighted by atomic mass is 10.3. The molecule has 21 heavy (non-hydrogen) atoms. The van der Waals surface area contributed by atoms with Crippen LogP contribution in [0, 0.1) is 15.9 Å². The molecule has 0 saturated heterocycles. The molecule has 0 fully saturated rings. The molecule has 0 saturated carbocycles. The fourth-order valence-corrected chi connectivity index (χ4v) is 2.92. The molecular formula is C11H15FN2O6S. The summed E-state index contributed by atoms with van der Waals surface area (Å²) in [4.78, 5) is 9.13. The van der Waals surface area contributed by atoms with Crippen molar-refractivity contribution in [2.75, 3.05) is 14.2 Å². The largest absolute Gasteiger partial charge is 0.354 e. The van der Waals surface area contributed by atoms with Crippen molar-refractivity contribution < 1.29 is 27.2 Å². The lowest BCUT2D eigenvalue weighted by Gasteiger charge is -2.21. The molecule has 0 aromatic heterocycles. The average Bonchev–Trinajstić information content (AvgIpc) is 2.38. The molecule has 1 atom stereocenters. The van der Waals surface area contributed by atoms with Gasteiger partial charge in [-0.2, -0.15) is 4.39 Å². The minimum absolute atomic E-state index is 0.427. The fraction of sp³-hybridized carbons (Fsp3) is 0.455. The van der Waals surface area contributed by atoms with Crippen molar-refractivity contribution in [1.29, 1.82) is 0 Å². The zero-order valence-electron chi connectivity index (χ0n) is 11.6. The second-order valence-corrected chi connectivity index (χ2v) is 5.83. The predicted octanol–water partition coefficient (Wildman–Crippen LogP) is 1.02. The molecule has 8 nitrogen and oxygen atoms in total. The van der Waals surface area contributed by atoms with E-state index in [0.717, 1.165) is 12.1 Å². The Kier molecular flexibility index (Phi) is 5.72. The topological polar surface area (TPSA) is 108 Å². The number of nitrogens with zero attached hydrogens (tertiary/aromatic N) is 1. The van der Waals surface area contributed by atoms with Gasteiger partial charge in [-0.1, -0.05) is 0 Å². The molecule has 0 amide bonds. The summed E-state index contributed by atoms with van der Waals surface area (Å²) in [5.41, 5.74) is -0.798. The number of hydrogen-bond acceptors (Lipinski definition) is 6. The van der Waals surface area contributed by atoms with E-state index in [1.54, 1.807) is 0 Å². The molecule has 0 aliphatic rings. The first-order valence-electron chi connectivity index (χ1n) is 5.74. The van der Waals surface area contributed by atoms with Crippen molar-refractivity contribution in [3.8, 4) is 0 Å². The van der Waals surface area contributed by atoms with E-state index in [0.29, 0.717) is 6.07 Å². The Balaban J connectivity index is 3.03. The Morgan fingerprint density at radius 2 is 1.90 bits per heavy atom. The third-order valence-electron chi connectivity index (χ3n) is 2.64. The van der Waals surface area contributed by atoms with Gasteiger partial charge < -0.3 is 9.47 Å². The summed E-state index contributed by atoms with van der Waals surface area (Å²) in [7, 11) is -1.39. The van der Waals surface area contributed by atoms with Gasteiger partial charge in [0.05, 0.1) is 15.9 Å². The maximum Gasteiger partial charge on any atom is 0.304 e. The van der Waals surface area contributed by atoms with Crippen LogP contribution < -0.4 is 4.72 Å². The van der Waals surface area contributed by atoms with Gasteiger partial charge in [0.15, 0.2) is 6.29 Å². The van der Waals surface area contributed by atoms with Crippen LogP contribution in [0.4, 0.5) is 10.1 Å². The first kappa shape index (κ1) is 17.4. The molecule has 118 valence electrons. The minimum atomic E-state index is -4.06. The minimum Gasteiger partial charge on any atom is -0.354 e. The molecule has 0 aliphatic carbocycles. The molecule has 0 bridgehead atoms. The Hall–Kier alpha value is -1.62. The standard InChI is InChI=1S/C11H15FN2O6S/c1-7(11(19-2)20-3)13-21(17,18)8-4-5-10(14(15)16)9(12)6-8/h4-7,11,13H,1-3H3. The lowest BCUT2D eigenvalue weighted by Crippen LogP contribution is -2.42. The molecule has 0 spiro atoms. The van der Waals surface area contributed by atoms with E-state index in [1.807, 2.05) is 0 Å². The maximum absolute atomic E-state index is 13.5. The van der Waals surface area contributed by atoms with Crippen LogP contribution in [-0.2, 0) is 19.5 Å². The molecule has 0 aliphatic heterocycles. The van der Waals surface area contributed by atoms with Gasteiger partial charge in [-0.25, -0.2) is 13.1 Å². The number of methoxy groups -OCH3 is 2. The molecule has 1 unspecified atom stereocenters. The number of benzene rings is 1. The second kappa shape index (κ2) is 6.89. The van der Waals surface area contributed by atoms with Crippen LogP contribution in [0.25, 0.3) is 0 Å². The average molecular weight is 322 g/mol. The normalized spacial score (nSPS) is 13.4. The van der Waals surface area contributed by atoms with Crippen molar-refractivity contribution in [2.24, 2.45) is 0 Å². The molecule has 1 N–H and O–H groups in total. The van der Waals surface area contributed by atoms with Crippen molar-refractivity contribution in [3.05, 3.63) is 34.1 Å². The number of halogens is 1. The molecule has 10 heteroatoms. The van der Waals surface area contributed by atoms with Gasteiger partial charge in [-0.15, -0.1) is 0 Å². The molecule has 1 aromatic rings. The number of nitrogens with one attached hydrogen (secondary N) is 1. The van der Waals surface area contributed by atoms with E-state index in [1.165, 1.54) is 21.1 Å². The van der Waals surface area contributed by atoms with Crippen LogP contribution in [0.15, 0.2) is 23.1 Å². The van der Waals surface area contributed by atoms with E-state index in [9.17, 15) is 22.9 Å². The van der Waals surface area contributed by atoms with Crippen molar-refractivity contribution >= 4 is 15.7 Å². The monoisotopic (exact) mass is 322 g/mol. The zero-order valence-corrected chi connectivity index (χ0v) is 12.4. The van der Waals surface area contributed by atoms with Crippen LogP contribution in [-0.4, -0.2) is 39.9 Å². The highest BCUT2D eigenvalue weighted by Gasteiger charge is 2.25. The highest BCUT2D eigenvalue weighted by Crippen LogP contribution is 2.21. The fourth-order valence-electron chi connectivity index (χ4n) is 1.68. The van der Waals surface area contributed by atoms with E-state index in [-0.39, 0.29) is 0 Å². The summed E-state index contributed by atoms with van der Waals surface area (Å²) < 4.78 is 49.6. The van der Waals surface area contributed by atoms with Crippen molar-refractivity contribution in [2.45, 2.75) is 24.2 Å². The number of nitro groups is 1. The van der Waals surface area contributed by atoms with Gasteiger partial charge in [-0.3, -0.25) is 10.1 Å². The Bertz CT molecular complexity index is 617. The quantitative estimate of drug-likeness (QED) is 0.456. The first-order chi connectivity index (χ1) is 9.72. The zero-order chi connectivity index (χ0) is 16.2. The van der Waals surface area contributed by atoms with Crippen molar-refractivity contribution in [1.82, 2.24) is 4.72 Å². The van der Waals surface area contributed by atoms with E-state index in [2.05, 4.69) is 4.72 Å². The number of ether oxygens (including phenoxy) is 2. The molecule has 0 radical (unpaired) electrons. The first-order valence-corrected chi connectivity index (χ1v) is 7.23. The van der Waals surface area contributed by atoms with Gasteiger partial charge in [-0.05, 0) is 13.0 Å². The SMILES string of the molecule is COC(OC)C(C)NS(=O)(=O)c1ccc([N+](=O)[O-])c(F)c1.